The van der Waals surface area contributed by atoms with Crippen molar-refractivity contribution in [3.8, 4) is 0 Å². The van der Waals surface area contributed by atoms with Gasteiger partial charge in [0.1, 0.15) is 0 Å². The first-order valence-electron chi connectivity index (χ1n) is 6.23. The molecule has 0 saturated heterocycles. The lowest BCUT2D eigenvalue weighted by molar-refractivity contribution is -0.133. The van der Waals surface area contributed by atoms with Crippen molar-refractivity contribution in [3.05, 3.63) is 5.82 Å². The van der Waals surface area contributed by atoms with Crippen LogP contribution in [0, 0.1) is 11.3 Å². The number of nitrogens with zero attached hydrogens (tertiary/aromatic N) is 3. The van der Waals surface area contributed by atoms with Crippen LogP contribution in [0.25, 0.3) is 0 Å². The van der Waals surface area contributed by atoms with E-state index < -0.39 is 5.97 Å². The molecular weight excluding hydrogens is 264 g/mol. The van der Waals surface area contributed by atoms with Gasteiger partial charge in [0.25, 0.3) is 0 Å². The van der Waals surface area contributed by atoms with Crippen LogP contribution in [0.4, 0.5) is 0 Å². The summed E-state index contributed by atoms with van der Waals surface area (Å²) in [5, 5.41) is 17.0. The van der Waals surface area contributed by atoms with Crippen LogP contribution < -0.4 is 5.84 Å². The first-order chi connectivity index (χ1) is 8.69. The Hall–Kier alpha value is -1.24. The van der Waals surface area contributed by atoms with Crippen LogP contribution in [-0.2, 0) is 11.2 Å². The van der Waals surface area contributed by atoms with Crippen molar-refractivity contribution in [2.24, 2.45) is 11.3 Å². The van der Waals surface area contributed by atoms with Gasteiger partial charge in [-0.05, 0) is 17.8 Å². The van der Waals surface area contributed by atoms with Gasteiger partial charge < -0.3 is 10.9 Å². The minimum atomic E-state index is -0.893. The molecule has 0 saturated carbocycles. The van der Waals surface area contributed by atoms with Crippen LogP contribution in [0.2, 0.25) is 0 Å². The van der Waals surface area contributed by atoms with E-state index in [9.17, 15) is 4.79 Å². The number of hydrogen-bond donors (Lipinski definition) is 2. The van der Waals surface area contributed by atoms with Crippen molar-refractivity contribution in [2.75, 3.05) is 11.6 Å². The summed E-state index contributed by atoms with van der Waals surface area (Å²) in [6, 6.07) is 0. The molecule has 6 nitrogen and oxygen atoms in total. The highest BCUT2D eigenvalue weighted by atomic mass is 32.2. The zero-order valence-corrected chi connectivity index (χ0v) is 12.7. The van der Waals surface area contributed by atoms with Gasteiger partial charge in [0, 0.05) is 6.42 Å². The summed E-state index contributed by atoms with van der Waals surface area (Å²) in [6.07, 6.45) is 1.81. The first-order valence-corrected chi connectivity index (χ1v) is 7.21. The molecule has 0 amide bonds. The quantitative estimate of drug-likeness (QED) is 0.611. The molecule has 1 aromatic heterocycles. The van der Waals surface area contributed by atoms with E-state index in [1.165, 1.54) is 4.68 Å². The number of aromatic nitrogens is 3. The monoisotopic (exact) mass is 286 g/mol. The maximum absolute atomic E-state index is 10.5. The Labute approximate surface area is 117 Å². The van der Waals surface area contributed by atoms with Gasteiger partial charge in [0.05, 0.1) is 5.75 Å². The van der Waals surface area contributed by atoms with E-state index in [4.69, 9.17) is 10.9 Å². The van der Waals surface area contributed by atoms with Crippen molar-refractivity contribution in [2.45, 2.75) is 45.7 Å². The molecule has 0 spiro atoms. The van der Waals surface area contributed by atoms with Gasteiger partial charge in [-0.15, -0.1) is 10.2 Å². The summed E-state index contributed by atoms with van der Waals surface area (Å²) in [4.78, 5) is 10.5. The average Bonchev–Trinajstić information content (AvgIpc) is 2.55. The van der Waals surface area contributed by atoms with E-state index in [-0.39, 0.29) is 11.2 Å². The summed E-state index contributed by atoms with van der Waals surface area (Å²) in [6.45, 7) is 8.75. The molecule has 0 fully saturated rings. The Kier molecular flexibility index (Phi) is 5.22. The minimum absolute atomic E-state index is 0.0626. The smallest absolute Gasteiger partial charge is 0.313 e. The molecule has 0 aromatic carbocycles. The second kappa shape index (κ2) is 6.27. The first kappa shape index (κ1) is 15.8. The molecular formula is C12H22N4O2S. The van der Waals surface area contributed by atoms with E-state index in [1.807, 2.05) is 0 Å². The SMILES string of the molecule is CC(Cc1nnc(SCC(=O)O)n1N)CC(C)(C)C. The second-order valence-electron chi connectivity index (χ2n) is 6.03. The number of nitrogen functional groups attached to an aromatic ring is 1. The Morgan fingerprint density at radius 2 is 2.11 bits per heavy atom. The third kappa shape index (κ3) is 5.50. The average molecular weight is 286 g/mol. The summed E-state index contributed by atoms with van der Waals surface area (Å²) in [7, 11) is 0. The number of carboxylic acids is 1. The van der Waals surface area contributed by atoms with Gasteiger partial charge in [-0.25, -0.2) is 4.68 Å². The molecule has 108 valence electrons. The molecule has 19 heavy (non-hydrogen) atoms. The number of carbonyl (C=O) groups is 1. The topological polar surface area (TPSA) is 94.0 Å². The fourth-order valence-corrected chi connectivity index (χ4v) is 2.70. The van der Waals surface area contributed by atoms with Crippen LogP contribution in [-0.4, -0.2) is 31.7 Å². The predicted molar refractivity (Wildman–Crippen MR) is 75.5 cm³/mol. The fourth-order valence-electron chi connectivity index (χ4n) is 2.10. The summed E-state index contributed by atoms with van der Waals surface area (Å²) in [5.74, 6) is 6.07. The van der Waals surface area contributed by atoms with Crippen LogP contribution in [0.3, 0.4) is 0 Å². The van der Waals surface area contributed by atoms with Gasteiger partial charge in [0.2, 0.25) is 5.16 Å². The standard InChI is InChI=1S/C12H22N4O2S/c1-8(6-12(2,3)4)5-9-14-15-11(16(9)13)19-7-10(17)18/h8H,5-7,13H2,1-4H3,(H,17,18). The summed E-state index contributed by atoms with van der Waals surface area (Å²) >= 11 is 1.08. The van der Waals surface area contributed by atoms with E-state index >= 15 is 0 Å². The molecule has 1 heterocycles. The highest BCUT2D eigenvalue weighted by Crippen LogP contribution is 2.26. The van der Waals surface area contributed by atoms with E-state index in [2.05, 4.69) is 37.9 Å². The normalized spacial score (nSPS) is 13.5. The minimum Gasteiger partial charge on any atom is -0.481 e. The molecule has 1 rings (SSSR count). The maximum Gasteiger partial charge on any atom is 0.313 e. The van der Waals surface area contributed by atoms with E-state index in [0.29, 0.717) is 16.9 Å². The van der Waals surface area contributed by atoms with Gasteiger partial charge in [-0.3, -0.25) is 4.79 Å². The van der Waals surface area contributed by atoms with Gasteiger partial charge in [-0.2, -0.15) is 0 Å². The van der Waals surface area contributed by atoms with E-state index in [0.717, 1.165) is 24.6 Å². The molecule has 3 N–H and O–H groups in total. The molecule has 7 heteroatoms. The van der Waals surface area contributed by atoms with Crippen LogP contribution in [0.1, 0.15) is 39.9 Å². The molecule has 0 aliphatic rings. The predicted octanol–water partition coefficient (Wildman–Crippen LogP) is 1.78. The Morgan fingerprint density at radius 3 is 2.63 bits per heavy atom. The Morgan fingerprint density at radius 1 is 1.47 bits per heavy atom. The van der Waals surface area contributed by atoms with Gasteiger partial charge >= 0.3 is 5.97 Å². The number of aliphatic carboxylic acids is 1. The third-order valence-corrected chi connectivity index (χ3v) is 3.48. The summed E-state index contributed by atoms with van der Waals surface area (Å²) in [5.41, 5.74) is 0.264. The van der Waals surface area contributed by atoms with Crippen molar-refractivity contribution < 1.29 is 9.90 Å². The lowest BCUT2D eigenvalue weighted by Gasteiger charge is -2.22. The molecule has 1 unspecified atom stereocenters. The van der Waals surface area contributed by atoms with Crippen LogP contribution in [0.15, 0.2) is 5.16 Å². The van der Waals surface area contributed by atoms with Crippen molar-refractivity contribution in [1.82, 2.24) is 14.9 Å². The lowest BCUT2D eigenvalue weighted by atomic mass is 9.84. The maximum atomic E-state index is 10.5. The highest BCUT2D eigenvalue weighted by Gasteiger charge is 2.19. The Bertz CT molecular complexity index is 439. The molecule has 0 aliphatic heterocycles. The molecule has 0 bridgehead atoms. The molecule has 1 aromatic rings. The number of rotatable bonds is 6. The lowest BCUT2D eigenvalue weighted by Crippen LogP contribution is -2.19. The summed E-state index contributed by atoms with van der Waals surface area (Å²) < 4.78 is 1.40. The number of thioether (sulfide) groups is 1. The fraction of sp³-hybridized carbons (Fsp3) is 0.750. The second-order valence-corrected chi connectivity index (χ2v) is 6.97. The highest BCUT2D eigenvalue weighted by molar-refractivity contribution is 7.99. The van der Waals surface area contributed by atoms with Crippen LogP contribution >= 0.6 is 11.8 Å². The molecule has 0 radical (unpaired) electrons. The largest absolute Gasteiger partial charge is 0.481 e. The zero-order chi connectivity index (χ0) is 14.6. The van der Waals surface area contributed by atoms with Crippen molar-refractivity contribution >= 4 is 17.7 Å². The van der Waals surface area contributed by atoms with Crippen molar-refractivity contribution in [1.29, 1.82) is 0 Å². The molecule has 1 atom stereocenters. The van der Waals surface area contributed by atoms with Gasteiger partial charge in [-0.1, -0.05) is 39.5 Å². The number of carboxylic acid groups (broad SMARTS) is 1. The van der Waals surface area contributed by atoms with E-state index in [1.54, 1.807) is 0 Å². The molecule has 0 aliphatic carbocycles. The van der Waals surface area contributed by atoms with Crippen LogP contribution in [0.5, 0.6) is 0 Å². The zero-order valence-electron chi connectivity index (χ0n) is 11.9. The van der Waals surface area contributed by atoms with Gasteiger partial charge in [0.15, 0.2) is 5.82 Å². The third-order valence-electron chi connectivity index (χ3n) is 2.55. The number of hydrogen-bond acceptors (Lipinski definition) is 5. The Balaban J connectivity index is 2.62. The van der Waals surface area contributed by atoms with Crippen molar-refractivity contribution in [3.63, 3.8) is 0 Å². The number of nitrogens with two attached hydrogens (primary N) is 1.